The zero-order chi connectivity index (χ0) is 8.69. The first-order chi connectivity index (χ1) is 5.20. The molecule has 11 heavy (non-hydrogen) atoms. The van der Waals surface area contributed by atoms with Crippen LogP contribution in [-0.4, -0.2) is 25.2 Å². The van der Waals surface area contributed by atoms with Crippen LogP contribution in [0.2, 0.25) is 0 Å². The van der Waals surface area contributed by atoms with Crippen LogP contribution in [0.3, 0.4) is 0 Å². The van der Waals surface area contributed by atoms with Crippen LogP contribution in [0.5, 0.6) is 0 Å². The largest absolute Gasteiger partial charge is 0.389 e. The predicted molar refractivity (Wildman–Crippen MR) is 25.2 cm³/mol. The zero-order valence-corrected chi connectivity index (χ0v) is 5.21. The van der Waals surface area contributed by atoms with E-state index >= 15 is 0 Å². The molecule has 0 atom stereocenters. The van der Waals surface area contributed by atoms with Gasteiger partial charge >= 0.3 is 11.9 Å². The standard InChI is InChI=1S/C4H4F2O5/c5-9-1-3(7)11-4(8)2-10-6/h1-2H2. The Bertz CT molecular complexity index is 131. The molecule has 0 aromatic heterocycles. The summed E-state index contributed by atoms with van der Waals surface area (Å²) in [6.45, 7) is -2.03. The van der Waals surface area contributed by atoms with Gasteiger partial charge in [0.2, 0.25) is 0 Å². The van der Waals surface area contributed by atoms with Gasteiger partial charge in [0.15, 0.2) is 13.2 Å². The Morgan fingerprint density at radius 2 is 1.36 bits per heavy atom. The van der Waals surface area contributed by atoms with Gasteiger partial charge in [-0.15, -0.1) is 0 Å². The van der Waals surface area contributed by atoms with E-state index in [2.05, 4.69) is 14.6 Å². The SMILES string of the molecule is O=C(COF)OC(=O)COF. The van der Waals surface area contributed by atoms with Gasteiger partial charge in [0, 0.05) is 0 Å². The van der Waals surface area contributed by atoms with E-state index in [9.17, 15) is 18.6 Å². The predicted octanol–water partition coefficient (Wildman–Crippen LogP) is -0.142. The third-order valence-corrected chi connectivity index (χ3v) is 0.572. The number of carbonyl (C=O) groups excluding carboxylic acids is 2. The first kappa shape index (κ1) is 9.92. The lowest BCUT2D eigenvalue weighted by Crippen LogP contribution is -2.18. The van der Waals surface area contributed by atoms with E-state index in [1.54, 1.807) is 0 Å². The smallest absolute Gasteiger partial charge is 0.343 e. The molecule has 5 nitrogen and oxygen atoms in total. The van der Waals surface area contributed by atoms with Gasteiger partial charge < -0.3 is 4.74 Å². The quantitative estimate of drug-likeness (QED) is 0.434. The van der Waals surface area contributed by atoms with E-state index in [4.69, 9.17) is 0 Å². The van der Waals surface area contributed by atoms with E-state index in [1.165, 1.54) is 0 Å². The molecule has 0 radical (unpaired) electrons. The van der Waals surface area contributed by atoms with Crippen LogP contribution in [0.15, 0.2) is 0 Å². The molecule has 0 aliphatic heterocycles. The van der Waals surface area contributed by atoms with E-state index in [-0.39, 0.29) is 0 Å². The van der Waals surface area contributed by atoms with Gasteiger partial charge in [0.25, 0.3) is 0 Å². The van der Waals surface area contributed by atoms with Gasteiger partial charge in [-0.1, -0.05) is 0 Å². The number of hydrogen-bond donors (Lipinski definition) is 0. The van der Waals surface area contributed by atoms with Crippen LogP contribution < -0.4 is 0 Å². The Labute approximate surface area is 59.6 Å². The highest BCUT2D eigenvalue weighted by atomic mass is 19.3. The van der Waals surface area contributed by atoms with E-state index < -0.39 is 25.2 Å². The normalized spacial score (nSPS) is 9.27. The zero-order valence-electron chi connectivity index (χ0n) is 5.21. The lowest BCUT2D eigenvalue weighted by Gasteiger charge is -1.96. The summed E-state index contributed by atoms with van der Waals surface area (Å²) in [4.78, 5) is 25.9. The molecule has 0 N–H and O–H groups in total. The summed E-state index contributed by atoms with van der Waals surface area (Å²) >= 11 is 0. The van der Waals surface area contributed by atoms with Gasteiger partial charge in [-0.05, 0) is 9.05 Å². The molecule has 0 unspecified atom stereocenters. The molecule has 0 aliphatic rings. The Morgan fingerprint density at radius 3 is 1.64 bits per heavy atom. The lowest BCUT2D eigenvalue weighted by molar-refractivity contribution is -0.190. The number of ether oxygens (including phenoxy) is 1. The van der Waals surface area contributed by atoms with Crippen molar-refractivity contribution in [2.75, 3.05) is 13.2 Å². The maximum Gasteiger partial charge on any atom is 0.343 e. The van der Waals surface area contributed by atoms with Crippen molar-refractivity contribution >= 4 is 11.9 Å². The van der Waals surface area contributed by atoms with Gasteiger partial charge in [-0.25, -0.2) is 9.59 Å². The number of halogens is 2. The summed E-state index contributed by atoms with van der Waals surface area (Å²) in [5.74, 6) is -2.51. The van der Waals surface area contributed by atoms with Gasteiger partial charge in [0.1, 0.15) is 0 Å². The maximum absolute atomic E-state index is 10.9. The third-order valence-electron chi connectivity index (χ3n) is 0.572. The van der Waals surface area contributed by atoms with Crippen molar-refractivity contribution in [3.63, 3.8) is 0 Å². The van der Waals surface area contributed by atoms with E-state index in [0.717, 1.165) is 0 Å². The van der Waals surface area contributed by atoms with Crippen molar-refractivity contribution in [2.24, 2.45) is 0 Å². The van der Waals surface area contributed by atoms with Crippen LogP contribution in [0.25, 0.3) is 0 Å². The molecule has 0 heterocycles. The molecule has 0 saturated heterocycles. The summed E-state index contributed by atoms with van der Waals surface area (Å²) in [7, 11) is 0. The highest BCUT2D eigenvalue weighted by Crippen LogP contribution is 1.85. The summed E-state index contributed by atoms with van der Waals surface area (Å²) in [5.41, 5.74) is 0. The molecule has 7 heteroatoms. The summed E-state index contributed by atoms with van der Waals surface area (Å²) in [5, 5.41) is 0. The number of hydrogen-bond acceptors (Lipinski definition) is 5. The van der Waals surface area contributed by atoms with Gasteiger partial charge in [0.05, 0.1) is 0 Å². The second-order valence-electron chi connectivity index (χ2n) is 1.35. The maximum atomic E-state index is 10.9. The lowest BCUT2D eigenvalue weighted by atomic mass is 10.7. The monoisotopic (exact) mass is 170 g/mol. The van der Waals surface area contributed by atoms with Crippen LogP contribution in [0.4, 0.5) is 9.05 Å². The van der Waals surface area contributed by atoms with Crippen molar-refractivity contribution in [1.29, 1.82) is 0 Å². The third kappa shape index (κ3) is 5.37. The Balaban J connectivity index is 3.49. The molecular formula is C4H4F2O5. The average Bonchev–Trinajstić information content (AvgIpc) is 1.87. The fraction of sp³-hybridized carbons (Fsp3) is 0.500. The Morgan fingerprint density at radius 1 is 1.00 bits per heavy atom. The summed E-state index contributed by atoms with van der Waals surface area (Å²) in [6, 6.07) is 0. The van der Waals surface area contributed by atoms with Gasteiger partial charge in [-0.2, -0.15) is 9.88 Å². The number of esters is 2. The van der Waals surface area contributed by atoms with Crippen molar-refractivity contribution in [3.05, 3.63) is 0 Å². The molecular weight excluding hydrogens is 166 g/mol. The molecule has 0 aliphatic carbocycles. The van der Waals surface area contributed by atoms with Crippen LogP contribution >= 0.6 is 0 Å². The minimum atomic E-state index is -1.26. The molecule has 0 aromatic carbocycles. The molecule has 0 amide bonds. The highest BCUT2D eigenvalue weighted by molar-refractivity contribution is 5.86. The van der Waals surface area contributed by atoms with Crippen molar-refractivity contribution < 1.29 is 33.3 Å². The highest BCUT2D eigenvalue weighted by Gasteiger charge is 2.10. The average molecular weight is 170 g/mol. The Kier molecular flexibility index (Phi) is 5.13. The van der Waals surface area contributed by atoms with Crippen LogP contribution in [0, 0.1) is 0 Å². The summed E-state index contributed by atoms with van der Waals surface area (Å²) in [6.07, 6.45) is 0. The molecule has 0 fully saturated rings. The van der Waals surface area contributed by atoms with Crippen LogP contribution in [-0.2, 0) is 24.2 Å². The first-order valence-electron chi connectivity index (χ1n) is 2.41. The fourth-order valence-corrected chi connectivity index (χ4v) is 0.275. The molecule has 64 valence electrons. The van der Waals surface area contributed by atoms with Gasteiger partial charge in [-0.3, -0.25) is 0 Å². The molecule has 0 saturated carbocycles. The Hall–Kier alpha value is -1.08. The van der Waals surface area contributed by atoms with E-state index in [0.29, 0.717) is 0 Å². The van der Waals surface area contributed by atoms with Crippen molar-refractivity contribution in [3.8, 4) is 0 Å². The first-order valence-corrected chi connectivity index (χ1v) is 2.41. The van der Waals surface area contributed by atoms with Crippen molar-refractivity contribution in [1.82, 2.24) is 0 Å². The fourth-order valence-electron chi connectivity index (χ4n) is 0.275. The number of carbonyl (C=O) groups is 2. The minimum absolute atomic E-state index is 1.02. The molecule has 0 rings (SSSR count). The summed E-state index contributed by atoms with van der Waals surface area (Å²) < 4.78 is 25.4. The van der Waals surface area contributed by atoms with Crippen LogP contribution in [0.1, 0.15) is 0 Å². The molecule has 0 spiro atoms. The van der Waals surface area contributed by atoms with Crippen molar-refractivity contribution in [2.45, 2.75) is 0 Å². The minimum Gasteiger partial charge on any atom is -0.389 e. The second kappa shape index (κ2) is 5.69. The number of rotatable bonds is 4. The molecule has 0 aromatic rings. The topological polar surface area (TPSA) is 61.8 Å². The van der Waals surface area contributed by atoms with E-state index in [1.807, 2.05) is 0 Å². The molecule has 0 bridgehead atoms. The second-order valence-corrected chi connectivity index (χ2v) is 1.35.